The van der Waals surface area contributed by atoms with E-state index >= 15 is 0 Å². The summed E-state index contributed by atoms with van der Waals surface area (Å²) in [6, 6.07) is 7.66. The molecule has 0 fully saturated rings. The summed E-state index contributed by atoms with van der Waals surface area (Å²) in [5.74, 6) is -0.0259. The van der Waals surface area contributed by atoms with Gasteiger partial charge < -0.3 is 10.2 Å². The normalized spacial score (nSPS) is 12.1. The summed E-state index contributed by atoms with van der Waals surface area (Å²) in [7, 11) is 0. The Morgan fingerprint density at radius 3 is 2.35 bits per heavy atom. The molecule has 1 aromatic rings. The first-order valence-corrected chi connectivity index (χ1v) is 8.55. The minimum atomic E-state index is -0.420. The molecule has 0 aliphatic carbocycles. The van der Waals surface area contributed by atoms with E-state index in [4.69, 9.17) is 0 Å². The number of carbonyl (C=O) groups excluding carboxylic acids is 2. The summed E-state index contributed by atoms with van der Waals surface area (Å²) in [4.78, 5) is 26.8. The second-order valence-electron chi connectivity index (χ2n) is 6.29. The largest absolute Gasteiger partial charge is 0.352 e. The molecule has 4 nitrogen and oxygen atoms in total. The van der Waals surface area contributed by atoms with Crippen molar-refractivity contribution in [3.05, 3.63) is 35.4 Å². The molecule has 1 N–H and O–H groups in total. The van der Waals surface area contributed by atoms with Gasteiger partial charge in [0.2, 0.25) is 11.8 Å². The highest BCUT2D eigenvalue weighted by Gasteiger charge is 2.28. The summed E-state index contributed by atoms with van der Waals surface area (Å²) < 4.78 is 0. The van der Waals surface area contributed by atoms with E-state index in [0.29, 0.717) is 19.4 Å². The number of nitrogens with one attached hydrogen (secondary N) is 1. The maximum absolute atomic E-state index is 12.6. The number of aryl methyl sites for hydroxylation is 1. The molecule has 0 heterocycles. The number of amides is 2. The zero-order valence-electron chi connectivity index (χ0n) is 15.1. The fourth-order valence-corrected chi connectivity index (χ4v) is 2.63. The highest BCUT2D eigenvalue weighted by molar-refractivity contribution is 5.87. The van der Waals surface area contributed by atoms with Crippen molar-refractivity contribution in [2.45, 2.75) is 72.5 Å². The standard InChI is InChI=1S/C19H30N2O2/c1-6-10-18(22)21(13-16-12-9-8-11-15(16)5)17(7-2)19(23)20-14(3)4/h8-9,11-12,14,17H,6-7,10,13H2,1-5H3,(H,20,23)/t17-/m1/s1. The minimum Gasteiger partial charge on any atom is -0.352 e. The number of nitrogens with zero attached hydrogens (tertiary/aromatic N) is 1. The average molecular weight is 318 g/mol. The van der Waals surface area contributed by atoms with Crippen molar-refractivity contribution < 1.29 is 9.59 Å². The summed E-state index contributed by atoms with van der Waals surface area (Å²) in [6.45, 7) is 10.3. The number of benzene rings is 1. The van der Waals surface area contributed by atoms with Gasteiger partial charge >= 0.3 is 0 Å². The lowest BCUT2D eigenvalue weighted by Gasteiger charge is -2.31. The van der Waals surface area contributed by atoms with Crippen molar-refractivity contribution in [1.82, 2.24) is 10.2 Å². The van der Waals surface area contributed by atoms with Crippen LogP contribution < -0.4 is 5.32 Å². The van der Waals surface area contributed by atoms with Crippen LogP contribution in [0.25, 0.3) is 0 Å². The summed E-state index contributed by atoms with van der Waals surface area (Å²) in [5.41, 5.74) is 2.23. The van der Waals surface area contributed by atoms with Crippen LogP contribution in [0.2, 0.25) is 0 Å². The SMILES string of the molecule is CCCC(=O)N(Cc1ccccc1C)[C@H](CC)C(=O)NC(C)C. The molecule has 0 bridgehead atoms. The van der Waals surface area contributed by atoms with Crippen LogP contribution in [0.4, 0.5) is 0 Å². The van der Waals surface area contributed by atoms with E-state index in [1.807, 2.05) is 58.9 Å². The molecule has 4 heteroatoms. The molecule has 1 rings (SSSR count). The molecule has 0 aliphatic heterocycles. The predicted molar refractivity (Wildman–Crippen MR) is 94.0 cm³/mol. The highest BCUT2D eigenvalue weighted by atomic mass is 16.2. The smallest absolute Gasteiger partial charge is 0.243 e. The number of hydrogen-bond donors (Lipinski definition) is 1. The molecular weight excluding hydrogens is 288 g/mol. The van der Waals surface area contributed by atoms with Gasteiger partial charge in [-0.1, -0.05) is 38.1 Å². The molecule has 128 valence electrons. The van der Waals surface area contributed by atoms with Crippen LogP contribution in [0.15, 0.2) is 24.3 Å². The lowest BCUT2D eigenvalue weighted by Crippen LogP contribution is -2.50. The van der Waals surface area contributed by atoms with E-state index in [-0.39, 0.29) is 17.9 Å². The number of rotatable bonds is 8. The van der Waals surface area contributed by atoms with Crippen LogP contribution in [-0.4, -0.2) is 28.8 Å². The van der Waals surface area contributed by atoms with Gasteiger partial charge in [-0.15, -0.1) is 0 Å². The highest BCUT2D eigenvalue weighted by Crippen LogP contribution is 2.16. The van der Waals surface area contributed by atoms with Crippen LogP contribution >= 0.6 is 0 Å². The first-order valence-electron chi connectivity index (χ1n) is 8.55. The van der Waals surface area contributed by atoms with Gasteiger partial charge in [-0.2, -0.15) is 0 Å². The average Bonchev–Trinajstić information content (AvgIpc) is 2.48. The fourth-order valence-electron chi connectivity index (χ4n) is 2.63. The van der Waals surface area contributed by atoms with Gasteiger partial charge in [-0.25, -0.2) is 0 Å². The maximum Gasteiger partial charge on any atom is 0.243 e. The summed E-state index contributed by atoms with van der Waals surface area (Å²) >= 11 is 0. The van der Waals surface area contributed by atoms with Crippen LogP contribution in [-0.2, 0) is 16.1 Å². The third-order valence-corrected chi connectivity index (χ3v) is 3.88. The second-order valence-corrected chi connectivity index (χ2v) is 6.29. The minimum absolute atomic E-state index is 0.0431. The quantitative estimate of drug-likeness (QED) is 0.798. The van der Waals surface area contributed by atoms with Crippen LogP contribution in [0.3, 0.4) is 0 Å². The summed E-state index contributed by atoms with van der Waals surface area (Å²) in [5, 5.41) is 2.94. The van der Waals surface area contributed by atoms with Crippen molar-refractivity contribution in [2.75, 3.05) is 0 Å². The van der Waals surface area contributed by atoms with E-state index in [2.05, 4.69) is 5.32 Å². The molecule has 2 amide bonds. The van der Waals surface area contributed by atoms with E-state index in [1.54, 1.807) is 4.90 Å². The summed E-state index contributed by atoms with van der Waals surface area (Å²) in [6.07, 6.45) is 1.86. The zero-order chi connectivity index (χ0) is 17.4. The predicted octanol–water partition coefficient (Wildman–Crippen LogP) is 3.43. The zero-order valence-corrected chi connectivity index (χ0v) is 15.1. The van der Waals surface area contributed by atoms with Crippen LogP contribution in [0.5, 0.6) is 0 Å². The Kier molecular flexibility index (Phi) is 7.79. The van der Waals surface area contributed by atoms with Gasteiger partial charge in [0, 0.05) is 19.0 Å². The Bertz CT molecular complexity index is 526. The molecule has 0 aromatic heterocycles. The molecule has 23 heavy (non-hydrogen) atoms. The molecule has 0 saturated heterocycles. The Morgan fingerprint density at radius 2 is 1.83 bits per heavy atom. The Labute approximate surface area is 140 Å². The molecule has 0 saturated carbocycles. The number of carbonyl (C=O) groups is 2. The van der Waals surface area contributed by atoms with Crippen molar-refractivity contribution in [3.63, 3.8) is 0 Å². The molecule has 0 unspecified atom stereocenters. The second kappa shape index (κ2) is 9.33. The van der Waals surface area contributed by atoms with Gasteiger partial charge in [0.25, 0.3) is 0 Å². The molecule has 1 aromatic carbocycles. The molecule has 1 atom stereocenters. The number of hydrogen-bond acceptors (Lipinski definition) is 2. The lowest BCUT2D eigenvalue weighted by atomic mass is 10.1. The first kappa shape index (κ1) is 19.2. The van der Waals surface area contributed by atoms with Crippen molar-refractivity contribution in [1.29, 1.82) is 0 Å². The Balaban J connectivity index is 3.05. The van der Waals surface area contributed by atoms with Crippen LogP contribution in [0.1, 0.15) is 58.1 Å². The molecule has 0 spiro atoms. The van der Waals surface area contributed by atoms with E-state index < -0.39 is 6.04 Å². The van der Waals surface area contributed by atoms with Gasteiger partial charge in [-0.3, -0.25) is 9.59 Å². The van der Waals surface area contributed by atoms with E-state index in [9.17, 15) is 9.59 Å². The lowest BCUT2D eigenvalue weighted by molar-refractivity contribution is -0.141. The third-order valence-electron chi connectivity index (χ3n) is 3.88. The van der Waals surface area contributed by atoms with Gasteiger partial charge in [0.1, 0.15) is 6.04 Å². The van der Waals surface area contributed by atoms with E-state index in [0.717, 1.165) is 17.5 Å². The van der Waals surface area contributed by atoms with Crippen molar-refractivity contribution >= 4 is 11.8 Å². The third kappa shape index (κ3) is 5.70. The molecular formula is C19H30N2O2. The van der Waals surface area contributed by atoms with Gasteiger partial charge in [-0.05, 0) is 44.7 Å². The topological polar surface area (TPSA) is 49.4 Å². The maximum atomic E-state index is 12.6. The molecule has 0 aliphatic rings. The van der Waals surface area contributed by atoms with Gasteiger partial charge in [0.05, 0.1) is 0 Å². The Morgan fingerprint density at radius 1 is 1.17 bits per heavy atom. The monoisotopic (exact) mass is 318 g/mol. The Hall–Kier alpha value is -1.84. The van der Waals surface area contributed by atoms with E-state index in [1.165, 1.54) is 0 Å². The van der Waals surface area contributed by atoms with Crippen LogP contribution in [0, 0.1) is 6.92 Å². The first-order chi connectivity index (χ1) is 10.9. The fraction of sp³-hybridized carbons (Fsp3) is 0.579. The molecule has 0 radical (unpaired) electrons. The van der Waals surface area contributed by atoms with Crippen molar-refractivity contribution in [3.8, 4) is 0 Å². The van der Waals surface area contributed by atoms with Crippen molar-refractivity contribution in [2.24, 2.45) is 0 Å². The van der Waals surface area contributed by atoms with Gasteiger partial charge in [0.15, 0.2) is 0 Å².